The maximum Gasteiger partial charge on any atom is 0.309 e. The summed E-state index contributed by atoms with van der Waals surface area (Å²) in [5.74, 6) is -0.618. The number of nitriles is 1. The molecule has 1 aromatic rings. The van der Waals surface area contributed by atoms with Gasteiger partial charge < -0.3 is 10.1 Å². The lowest BCUT2D eigenvalue weighted by Crippen LogP contribution is -2.50. The molecule has 140 valence electrons. The third kappa shape index (κ3) is 5.57. The number of nitrogens with zero attached hydrogens (tertiary/aromatic N) is 2. The van der Waals surface area contributed by atoms with Gasteiger partial charge in [-0.15, -0.1) is 0 Å². The minimum Gasteiger partial charge on any atom is -0.469 e. The van der Waals surface area contributed by atoms with Gasteiger partial charge in [0.05, 0.1) is 25.6 Å². The van der Waals surface area contributed by atoms with E-state index in [-0.39, 0.29) is 30.3 Å². The molecule has 1 N–H and O–H groups in total. The number of nitrogens with one attached hydrogen (secondary N) is 1. The van der Waals surface area contributed by atoms with Crippen LogP contribution in [0.4, 0.5) is 0 Å². The maximum absolute atomic E-state index is 12.6. The third-order valence-corrected chi connectivity index (χ3v) is 4.78. The first kappa shape index (κ1) is 19.9. The lowest BCUT2D eigenvalue weighted by Gasteiger charge is -2.27. The molecule has 0 aromatic heterocycles. The van der Waals surface area contributed by atoms with Crippen molar-refractivity contribution in [1.29, 1.82) is 5.26 Å². The van der Waals surface area contributed by atoms with E-state index in [4.69, 9.17) is 4.74 Å². The van der Waals surface area contributed by atoms with Gasteiger partial charge in [0, 0.05) is 13.1 Å². The lowest BCUT2D eigenvalue weighted by molar-refractivity contribution is -0.146. The van der Waals surface area contributed by atoms with Crippen LogP contribution in [0.5, 0.6) is 0 Å². The van der Waals surface area contributed by atoms with Gasteiger partial charge in [0.15, 0.2) is 0 Å². The summed E-state index contributed by atoms with van der Waals surface area (Å²) in [6.45, 7) is 4.64. The fourth-order valence-electron chi connectivity index (χ4n) is 3.10. The van der Waals surface area contributed by atoms with Crippen molar-refractivity contribution in [2.24, 2.45) is 11.8 Å². The van der Waals surface area contributed by atoms with Crippen LogP contribution in [-0.4, -0.2) is 42.5 Å². The minimum atomic E-state index is -0.816. The number of rotatable bonds is 9. The minimum absolute atomic E-state index is 0.125. The third-order valence-electron chi connectivity index (χ3n) is 4.78. The predicted molar refractivity (Wildman–Crippen MR) is 97.8 cm³/mol. The quantitative estimate of drug-likeness (QED) is 0.685. The molecule has 2 atom stereocenters. The number of methoxy groups -OCH3 is 1. The van der Waals surface area contributed by atoms with Gasteiger partial charge in [0.1, 0.15) is 5.54 Å². The van der Waals surface area contributed by atoms with Crippen LogP contribution in [0.25, 0.3) is 0 Å². The van der Waals surface area contributed by atoms with E-state index in [9.17, 15) is 14.9 Å². The second-order valence-corrected chi connectivity index (χ2v) is 7.22. The standard InChI is InChI=1S/C20H27N3O3/c1-15(19(25)26-3)11-23(12-16-7-5-4-6-8-16)13-18(24)22-20(2,14-21)17-9-10-17/h4-8,15,17H,9-13H2,1-3H3,(H,22,24)/t15-,20+/m1/s1. The van der Waals surface area contributed by atoms with Crippen molar-refractivity contribution in [2.45, 2.75) is 38.8 Å². The van der Waals surface area contributed by atoms with Gasteiger partial charge >= 0.3 is 5.97 Å². The SMILES string of the molecule is COC(=O)[C@H](C)CN(CC(=O)N[C@@](C)(C#N)C1CC1)Cc1ccccc1. The zero-order chi connectivity index (χ0) is 19.2. The number of ether oxygens (including phenoxy) is 1. The zero-order valence-corrected chi connectivity index (χ0v) is 15.7. The Bertz CT molecular complexity index is 667. The van der Waals surface area contributed by atoms with Crippen molar-refractivity contribution in [3.05, 3.63) is 35.9 Å². The molecular weight excluding hydrogens is 330 g/mol. The van der Waals surface area contributed by atoms with Crippen LogP contribution in [-0.2, 0) is 20.9 Å². The second-order valence-electron chi connectivity index (χ2n) is 7.22. The number of esters is 1. The van der Waals surface area contributed by atoms with Gasteiger partial charge in [-0.05, 0) is 31.2 Å². The molecule has 2 rings (SSSR count). The summed E-state index contributed by atoms with van der Waals surface area (Å²) in [5, 5.41) is 12.3. The van der Waals surface area contributed by atoms with Gasteiger partial charge in [-0.1, -0.05) is 37.3 Å². The largest absolute Gasteiger partial charge is 0.469 e. The molecule has 1 aliphatic rings. The van der Waals surface area contributed by atoms with Crippen LogP contribution in [0, 0.1) is 23.2 Å². The van der Waals surface area contributed by atoms with E-state index < -0.39 is 5.54 Å². The molecule has 1 saturated carbocycles. The predicted octanol–water partition coefficient (Wildman–Crippen LogP) is 2.11. The monoisotopic (exact) mass is 357 g/mol. The van der Waals surface area contributed by atoms with Crippen LogP contribution in [0.1, 0.15) is 32.3 Å². The number of amides is 1. The Morgan fingerprint density at radius 1 is 1.38 bits per heavy atom. The molecule has 0 radical (unpaired) electrons. The molecule has 0 unspecified atom stereocenters. The molecule has 1 aliphatic carbocycles. The topological polar surface area (TPSA) is 82.4 Å². The van der Waals surface area contributed by atoms with Gasteiger partial charge in [-0.25, -0.2) is 0 Å². The van der Waals surface area contributed by atoms with Crippen LogP contribution >= 0.6 is 0 Å². The first-order valence-electron chi connectivity index (χ1n) is 8.94. The molecule has 1 aromatic carbocycles. The molecular formula is C20H27N3O3. The van der Waals surface area contributed by atoms with Crippen LogP contribution in [0.3, 0.4) is 0 Å². The fourth-order valence-corrected chi connectivity index (χ4v) is 3.10. The summed E-state index contributed by atoms with van der Waals surface area (Å²) in [5.41, 5.74) is 0.242. The summed E-state index contributed by atoms with van der Waals surface area (Å²) < 4.78 is 4.80. The maximum atomic E-state index is 12.6. The Morgan fingerprint density at radius 3 is 2.58 bits per heavy atom. The second kappa shape index (κ2) is 8.81. The highest BCUT2D eigenvalue weighted by molar-refractivity contribution is 5.79. The fraction of sp³-hybridized carbons (Fsp3) is 0.550. The van der Waals surface area contributed by atoms with Gasteiger partial charge in [0.25, 0.3) is 0 Å². The van der Waals surface area contributed by atoms with Crippen molar-refractivity contribution in [3.63, 3.8) is 0 Å². The summed E-state index contributed by atoms with van der Waals surface area (Å²) >= 11 is 0. The Balaban J connectivity index is 2.03. The molecule has 6 heteroatoms. The van der Waals surface area contributed by atoms with E-state index in [1.807, 2.05) is 35.2 Å². The smallest absolute Gasteiger partial charge is 0.309 e. The first-order chi connectivity index (χ1) is 12.4. The molecule has 0 spiro atoms. The molecule has 26 heavy (non-hydrogen) atoms. The number of benzene rings is 1. The number of hydrogen-bond acceptors (Lipinski definition) is 5. The zero-order valence-electron chi connectivity index (χ0n) is 15.7. The summed E-state index contributed by atoms with van der Waals surface area (Å²) in [6.07, 6.45) is 1.94. The van der Waals surface area contributed by atoms with Crippen LogP contribution in [0.15, 0.2) is 30.3 Å². The Labute approximate surface area is 155 Å². The normalized spacial score (nSPS) is 17.0. The van der Waals surface area contributed by atoms with Gasteiger partial charge in [-0.3, -0.25) is 14.5 Å². The highest BCUT2D eigenvalue weighted by Gasteiger charge is 2.43. The average molecular weight is 357 g/mol. The van der Waals surface area contributed by atoms with E-state index in [1.165, 1.54) is 7.11 Å². The Morgan fingerprint density at radius 2 is 2.04 bits per heavy atom. The van der Waals surface area contributed by atoms with Gasteiger partial charge in [0.2, 0.25) is 5.91 Å². The molecule has 1 fully saturated rings. The molecule has 0 bridgehead atoms. The van der Waals surface area contributed by atoms with Crippen molar-refractivity contribution in [3.8, 4) is 6.07 Å². The highest BCUT2D eigenvalue weighted by Crippen LogP contribution is 2.39. The van der Waals surface area contributed by atoms with Gasteiger partial charge in [-0.2, -0.15) is 5.26 Å². The van der Waals surface area contributed by atoms with Crippen molar-refractivity contribution in [1.82, 2.24) is 10.2 Å². The Kier molecular flexibility index (Phi) is 6.76. The van der Waals surface area contributed by atoms with E-state index >= 15 is 0 Å². The average Bonchev–Trinajstić information content (AvgIpc) is 3.47. The number of carbonyl (C=O) groups is 2. The number of hydrogen-bond donors (Lipinski definition) is 1. The van der Waals surface area contributed by atoms with Crippen molar-refractivity contribution >= 4 is 11.9 Å². The summed E-state index contributed by atoms with van der Waals surface area (Å²) in [6, 6.07) is 12.0. The van der Waals surface area contributed by atoms with E-state index in [2.05, 4.69) is 11.4 Å². The molecule has 0 saturated heterocycles. The molecule has 6 nitrogen and oxygen atoms in total. The lowest BCUT2D eigenvalue weighted by atomic mass is 9.98. The molecule has 0 aliphatic heterocycles. The van der Waals surface area contributed by atoms with Crippen LogP contribution < -0.4 is 5.32 Å². The summed E-state index contributed by atoms with van der Waals surface area (Å²) in [7, 11) is 1.36. The van der Waals surface area contributed by atoms with E-state index in [0.29, 0.717) is 13.1 Å². The van der Waals surface area contributed by atoms with E-state index in [1.54, 1.807) is 13.8 Å². The highest BCUT2D eigenvalue weighted by atomic mass is 16.5. The van der Waals surface area contributed by atoms with Crippen LogP contribution in [0.2, 0.25) is 0 Å². The van der Waals surface area contributed by atoms with Crippen molar-refractivity contribution < 1.29 is 14.3 Å². The first-order valence-corrected chi connectivity index (χ1v) is 8.94. The van der Waals surface area contributed by atoms with Crippen molar-refractivity contribution in [2.75, 3.05) is 20.2 Å². The van der Waals surface area contributed by atoms with E-state index in [0.717, 1.165) is 18.4 Å². The Hall–Kier alpha value is -2.39. The molecule has 1 amide bonds. The molecule has 0 heterocycles. The number of carbonyl (C=O) groups excluding carboxylic acids is 2. The summed E-state index contributed by atoms with van der Waals surface area (Å²) in [4.78, 5) is 26.2.